The SMILES string of the molecule is Fc1cccc(Br)c1NC1CCCCC1C1CCCCC1. The number of hydrogen-bond acceptors (Lipinski definition) is 1. The van der Waals surface area contributed by atoms with E-state index in [1.807, 2.05) is 6.07 Å². The normalized spacial score (nSPS) is 27.5. The molecule has 2 aliphatic carbocycles. The maximum absolute atomic E-state index is 14.1. The van der Waals surface area contributed by atoms with Crippen LogP contribution in [0, 0.1) is 17.7 Å². The van der Waals surface area contributed by atoms with Gasteiger partial charge in [-0.15, -0.1) is 0 Å². The van der Waals surface area contributed by atoms with Gasteiger partial charge in [0.2, 0.25) is 0 Å². The molecule has 2 atom stereocenters. The molecule has 3 heteroatoms. The molecule has 116 valence electrons. The highest BCUT2D eigenvalue weighted by Gasteiger charge is 2.33. The lowest BCUT2D eigenvalue weighted by Gasteiger charge is -2.40. The van der Waals surface area contributed by atoms with Crippen LogP contribution >= 0.6 is 15.9 Å². The fourth-order valence-electron chi connectivity index (χ4n) is 4.29. The lowest BCUT2D eigenvalue weighted by molar-refractivity contribution is 0.180. The molecule has 0 aliphatic heterocycles. The number of benzene rings is 1. The molecule has 0 bridgehead atoms. The van der Waals surface area contributed by atoms with Gasteiger partial charge in [0.25, 0.3) is 0 Å². The molecule has 2 fully saturated rings. The molecule has 21 heavy (non-hydrogen) atoms. The van der Waals surface area contributed by atoms with Gasteiger partial charge in [0.15, 0.2) is 0 Å². The van der Waals surface area contributed by atoms with E-state index >= 15 is 0 Å². The number of nitrogens with one attached hydrogen (secondary N) is 1. The van der Waals surface area contributed by atoms with E-state index in [0.29, 0.717) is 11.7 Å². The van der Waals surface area contributed by atoms with Gasteiger partial charge in [0.05, 0.1) is 5.69 Å². The Morgan fingerprint density at radius 1 is 0.952 bits per heavy atom. The van der Waals surface area contributed by atoms with Gasteiger partial charge in [-0.1, -0.05) is 51.0 Å². The predicted molar refractivity (Wildman–Crippen MR) is 90.0 cm³/mol. The summed E-state index contributed by atoms with van der Waals surface area (Å²) in [6.45, 7) is 0. The lowest BCUT2D eigenvalue weighted by Crippen LogP contribution is -2.38. The van der Waals surface area contributed by atoms with E-state index in [4.69, 9.17) is 0 Å². The fourth-order valence-corrected chi connectivity index (χ4v) is 4.74. The van der Waals surface area contributed by atoms with Crippen LogP contribution in [0.5, 0.6) is 0 Å². The van der Waals surface area contributed by atoms with Crippen molar-refractivity contribution in [3.63, 3.8) is 0 Å². The molecule has 0 amide bonds. The molecule has 2 aliphatic rings. The summed E-state index contributed by atoms with van der Waals surface area (Å²) in [5.74, 6) is 1.44. The van der Waals surface area contributed by atoms with E-state index in [0.717, 1.165) is 16.3 Å². The van der Waals surface area contributed by atoms with Gasteiger partial charge in [0, 0.05) is 10.5 Å². The fraction of sp³-hybridized carbons (Fsp3) is 0.667. The molecule has 0 spiro atoms. The van der Waals surface area contributed by atoms with Crippen molar-refractivity contribution >= 4 is 21.6 Å². The maximum Gasteiger partial charge on any atom is 0.147 e. The van der Waals surface area contributed by atoms with E-state index in [1.165, 1.54) is 57.8 Å². The van der Waals surface area contributed by atoms with E-state index < -0.39 is 0 Å². The summed E-state index contributed by atoms with van der Waals surface area (Å²) in [5.41, 5.74) is 0.658. The number of rotatable bonds is 3. The van der Waals surface area contributed by atoms with Crippen molar-refractivity contribution in [1.82, 2.24) is 0 Å². The van der Waals surface area contributed by atoms with Crippen molar-refractivity contribution in [2.75, 3.05) is 5.32 Å². The predicted octanol–water partition coefficient (Wildman–Crippen LogP) is 6.14. The third-order valence-corrected chi connectivity index (χ3v) is 6.03. The Bertz CT molecular complexity index is 450. The molecular formula is C18H25BrFN. The first-order chi connectivity index (χ1) is 10.3. The molecule has 2 saturated carbocycles. The Morgan fingerprint density at radius 3 is 2.43 bits per heavy atom. The van der Waals surface area contributed by atoms with Crippen LogP contribution in [0.4, 0.5) is 10.1 Å². The first-order valence-electron chi connectivity index (χ1n) is 8.46. The molecule has 3 rings (SSSR count). The van der Waals surface area contributed by atoms with Crippen LogP contribution in [0.15, 0.2) is 22.7 Å². The molecular weight excluding hydrogens is 329 g/mol. The second-order valence-corrected chi connectivity index (χ2v) is 7.55. The standard InChI is InChI=1S/C18H25BrFN/c19-15-10-6-11-16(20)18(15)21-17-12-5-4-9-14(17)13-7-2-1-3-8-13/h6,10-11,13-14,17,21H,1-5,7-9,12H2. The zero-order chi connectivity index (χ0) is 14.7. The van der Waals surface area contributed by atoms with Crippen molar-refractivity contribution in [2.24, 2.45) is 11.8 Å². The molecule has 0 heterocycles. The minimum Gasteiger partial charge on any atom is -0.379 e. The maximum atomic E-state index is 14.1. The summed E-state index contributed by atoms with van der Waals surface area (Å²) in [5, 5.41) is 3.54. The number of hydrogen-bond donors (Lipinski definition) is 1. The van der Waals surface area contributed by atoms with Crippen molar-refractivity contribution in [2.45, 2.75) is 63.8 Å². The van der Waals surface area contributed by atoms with Crippen molar-refractivity contribution in [3.8, 4) is 0 Å². The Labute approximate surface area is 135 Å². The summed E-state index contributed by atoms with van der Waals surface area (Å²) in [4.78, 5) is 0. The van der Waals surface area contributed by atoms with Gasteiger partial charge in [-0.3, -0.25) is 0 Å². The zero-order valence-corrected chi connectivity index (χ0v) is 14.2. The van der Waals surface area contributed by atoms with Gasteiger partial charge in [-0.25, -0.2) is 4.39 Å². The van der Waals surface area contributed by atoms with Crippen LogP contribution in [0.3, 0.4) is 0 Å². The molecule has 1 aromatic rings. The summed E-state index contributed by atoms with van der Waals surface area (Å²) in [6.07, 6.45) is 12.0. The van der Waals surface area contributed by atoms with Gasteiger partial charge in [-0.05, 0) is 52.7 Å². The molecule has 0 saturated heterocycles. The second kappa shape index (κ2) is 7.13. The Kier molecular flexibility index (Phi) is 5.20. The molecule has 1 N–H and O–H groups in total. The van der Waals surface area contributed by atoms with Crippen LogP contribution in [0.2, 0.25) is 0 Å². The first kappa shape index (κ1) is 15.3. The van der Waals surface area contributed by atoms with Crippen LogP contribution in [0.1, 0.15) is 57.8 Å². The quantitative estimate of drug-likeness (QED) is 0.687. The highest BCUT2D eigenvalue weighted by Crippen LogP contribution is 2.40. The molecule has 0 radical (unpaired) electrons. The minimum atomic E-state index is -0.141. The number of anilines is 1. The topological polar surface area (TPSA) is 12.0 Å². The third kappa shape index (κ3) is 3.61. The zero-order valence-electron chi connectivity index (χ0n) is 12.6. The monoisotopic (exact) mass is 353 g/mol. The summed E-state index contributed by atoms with van der Waals surface area (Å²) >= 11 is 3.49. The largest absolute Gasteiger partial charge is 0.379 e. The van der Waals surface area contributed by atoms with E-state index in [1.54, 1.807) is 12.1 Å². The van der Waals surface area contributed by atoms with E-state index in [2.05, 4.69) is 21.2 Å². The Morgan fingerprint density at radius 2 is 1.67 bits per heavy atom. The van der Waals surface area contributed by atoms with Gasteiger partial charge < -0.3 is 5.32 Å². The Hall–Kier alpha value is -0.570. The number of para-hydroxylation sites is 1. The summed E-state index contributed by atoms with van der Waals surface area (Å²) < 4.78 is 14.9. The molecule has 1 nitrogen and oxygen atoms in total. The van der Waals surface area contributed by atoms with Crippen LogP contribution in [-0.2, 0) is 0 Å². The van der Waals surface area contributed by atoms with Crippen molar-refractivity contribution < 1.29 is 4.39 Å². The molecule has 0 aromatic heterocycles. The molecule has 2 unspecified atom stereocenters. The molecule has 1 aromatic carbocycles. The van der Waals surface area contributed by atoms with Crippen molar-refractivity contribution in [3.05, 3.63) is 28.5 Å². The smallest absolute Gasteiger partial charge is 0.147 e. The van der Waals surface area contributed by atoms with Crippen LogP contribution in [0.25, 0.3) is 0 Å². The van der Waals surface area contributed by atoms with Crippen LogP contribution < -0.4 is 5.32 Å². The average Bonchev–Trinajstić information content (AvgIpc) is 2.52. The summed E-state index contributed by atoms with van der Waals surface area (Å²) in [6, 6.07) is 5.66. The third-order valence-electron chi connectivity index (χ3n) is 5.37. The van der Waals surface area contributed by atoms with Crippen molar-refractivity contribution in [1.29, 1.82) is 0 Å². The summed E-state index contributed by atoms with van der Waals surface area (Å²) in [7, 11) is 0. The average molecular weight is 354 g/mol. The van der Waals surface area contributed by atoms with Crippen LogP contribution in [-0.4, -0.2) is 6.04 Å². The van der Waals surface area contributed by atoms with Gasteiger partial charge >= 0.3 is 0 Å². The van der Waals surface area contributed by atoms with E-state index in [-0.39, 0.29) is 5.82 Å². The van der Waals surface area contributed by atoms with Gasteiger partial charge in [0.1, 0.15) is 5.82 Å². The van der Waals surface area contributed by atoms with Gasteiger partial charge in [-0.2, -0.15) is 0 Å². The Balaban J connectivity index is 1.74. The lowest BCUT2D eigenvalue weighted by atomic mass is 9.71. The second-order valence-electron chi connectivity index (χ2n) is 6.69. The first-order valence-corrected chi connectivity index (χ1v) is 9.25. The minimum absolute atomic E-state index is 0.141. The number of halogens is 2. The van der Waals surface area contributed by atoms with E-state index in [9.17, 15) is 4.39 Å². The highest BCUT2D eigenvalue weighted by molar-refractivity contribution is 9.10. The highest BCUT2D eigenvalue weighted by atomic mass is 79.9.